The second-order valence-electron chi connectivity index (χ2n) is 0.200. The van der Waals surface area contributed by atoms with Crippen LogP contribution in [0.3, 0.4) is 0 Å². The molecule has 50 valence electrons. The Bertz CT molecular complexity index is 80.2. The number of aliphatic hydroxyl groups is 2. The monoisotopic (exact) mass is 182 g/mol. The number of nitrogens with zero attached hydrogens (tertiary/aromatic N) is 2. The van der Waals surface area contributed by atoms with Gasteiger partial charge in [0.2, 0.25) is 0 Å². The van der Waals surface area contributed by atoms with Gasteiger partial charge in [0.1, 0.15) is 0 Å². The van der Waals surface area contributed by atoms with Crippen LogP contribution in [0.5, 0.6) is 0 Å². The van der Waals surface area contributed by atoms with Crippen LogP contribution in [-0.2, 0) is 0 Å². The fraction of sp³-hybridized carbons (Fsp3) is 0. The van der Waals surface area contributed by atoms with Crippen LogP contribution in [0, 0.1) is 23.0 Å². The van der Waals surface area contributed by atoms with E-state index in [2.05, 4.69) is 0 Å². The molecule has 7 heteroatoms. The summed E-state index contributed by atoms with van der Waals surface area (Å²) in [6.07, 6.45) is 1.50. The van der Waals surface area contributed by atoms with E-state index in [1.54, 1.807) is 0 Å². The molecule has 4 nitrogen and oxygen atoms in total. The van der Waals surface area contributed by atoms with Crippen molar-refractivity contribution >= 4 is 24.8 Å². The van der Waals surface area contributed by atoms with Crippen molar-refractivity contribution in [3.63, 3.8) is 0 Å². The van der Waals surface area contributed by atoms with E-state index in [-0.39, 0.29) is 55.8 Å². The molecule has 0 bridgehead atoms. The first kappa shape index (κ1) is 35.2. The van der Waals surface area contributed by atoms with E-state index in [1.165, 1.54) is 0 Å². The van der Waals surface area contributed by atoms with Gasteiger partial charge in [-0.25, -0.2) is 0 Å². The Morgan fingerprint density at radius 3 is 1.00 bits per heavy atom. The molecule has 0 fully saturated rings. The second kappa shape index (κ2) is 89.7. The summed E-state index contributed by atoms with van der Waals surface area (Å²) in [5, 5.41) is 27.5. The molecule has 0 rings (SSSR count). The average molecular weight is 183 g/mol. The Kier molecular flexibility index (Phi) is 351. The molecule has 0 aliphatic rings. The third-order valence-electron chi connectivity index (χ3n) is 0. The molecule has 0 atom stereocenters. The number of rotatable bonds is 0. The van der Waals surface area contributed by atoms with Crippen molar-refractivity contribution in [1.29, 1.82) is 10.5 Å². The fourth-order valence-electron chi connectivity index (χ4n) is 0. The number of hydrogen-bond acceptors (Lipinski definition) is 4. The maximum absolute atomic E-state index is 6.88. The summed E-state index contributed by atoms with van der Waals surface area (Å²) in [6, 6.07) is 0. The first-order valence-corrected chi connectivity index (χ1v) is 0.894. The molecule has 9 heavy (non-hydrogen) atoms. The topological polar surface area (TPSA) is 88.0 Å². The largest absolute Gasteiger partial charge is 1.00 e. The predicted octanol–water partition coefficient (Wildman–Crippen LogP) is -2.36. The van der Waals surface area contributed by atoms with Gasteiger partial charge in [0.05, 0.1) is 0 Å². The van der Waals surface area contributed by atoms with Crippen molar-refractivity contribution in [3.05, 3.63) is 0 Å². The van der Waals surface area contributed by atoms with Gasteiger partial charge in [-0.05, 0) is 0 Å². The zero-order chi connectivity index (χ0) is 5.41. The van der Waals surface area contributed by atoms with Gasteiger partial charge in [0.15, 0.2) is 0 Å². The van der Waals surface area contributed by atoms with Gasteiger partial charge in [-0.2, -0.15) is 10.5 Å². The van der Waals surface area contributed by atoms with Crippen LogP contribution in [0.2, 0.25) is 0 Å². The summed E-state index contributed by atoms with van der Waals surface area (Å²) in [7, 11) is 0. The smallest absolute Gasteiger partial charge is 1.00 e. The standard InChI is InChI=1S/2CHNO.2ClH.Na.H/c2*2-1-3;;;;/h2*3H;2*1H;;/q;;;;+1;-1. The molecule has 0 aliphatic heterocycles. The van der Waals surface area contributed by atoms with Gasteiger partial charge in [-0.15, -0.1) is 24.8 Å². The first-order chi connectivity index (χ1) is 2.83. The van der Waals surface area contributed by atoms with E-state index in [1.807, 2.05) is 0 Å². The maximum Gasteiger partial charge on any atom is 1.00 e. The third-order valence-corrected chi connectivity index (χ3v) is 0. The summed E-state index contributed by atoms with van der Waals surface area (Å²) in [5.74, 6) is 0. The first-order valence-electron chi connectivity index (χ1n) is 0.894. The van der Waals surface area contributed by atoms with Crippen LogP contribution >= 0.6 is 24.8 Å². The normalized spacial score (nSPS) is 1.56. The van der Waals surface area contributed by atoms with E-state index < -0.39 is 0 Å². The number of hydrogen-bond donors (Lipinski definition) is 2. The molecular weight excluding hydrogens is 178 g/mol. The van der Waals surface area contributed by atoms with Gasteiger partial charge in [0, 0.05) is 0 Å². The van der Waals surface area contributed by atoms with Crippen LogP contribution < -0.4 is 29.6 Å². The van der Waals surface area contributed by atoms with Crippen LogP contribution in [0.15, 0.2) is 0 Å². The van der Waals surface area contributed by atoms with Crippen molar-refractivity contribution in [3.8, 4) is 12.5 Å². The molecular formula is C2H5Cl2N2NaO2. The summed E-state index contributed by atoms with van der Waals surface area (Å²) in [5.41, 5.74) is 0. The van der Waals surface area contributed by atoms with E-state index in [9.17, 15) is 0 Å². The molecule has 0 saturated heterocycles. The second-order valence-corrected chi connectivity index (χ2v) is 0.200. The number of halogens is 2. The third kappa shape index (κ3) is 12100. The van der Waals surface area contributed by atoms with Crippen molar-refractivity contribution in [1.82, 2.24) is 0 Å². The Morgan fingerprint density at radius 2 is 1.00 bits per heavy atom. The van der Waals surface area contributed by atoms with Crippen LogP contribution in [0.1, 0.15) is 1.43 Å². The maximum atomic E-state index is 6.88. The van der Waals surface area contributed by atoms with E-state index >= 15 is 0 Å². The molecule has 0 heterocycles. The van der Waals surface area contributed by atoms with Gasteiger partial charge in [0.25, 0.3) is 12.5 Å². The zero-order valence-electron chi connectivity index (χ0n) is 5.61. The van der Waals surface area contributed by atoms with E-state index in [0.717, 1.165) is 12.5 Å². The molecule has 0 aromatic heterocycles. The molecule has 0 saturated carbocycles. The summed E-state index contributed by atoms with van der Waals surface area (Å²) in [4.78, 5) is 0. The Hall–Kier alpha value is 0.160. The summed E-state index contributed by atoms with van der Waals surface area (Å²) in [6.45, 7) is 0. The SMILES string of the molecule is Cl.Cl.N#CO.N#CO.[H-].[Na+]. The van der Waals surface area contributed by atoms with Crippen molar-refractivity contribution in [2.75, 3.05) is 0 Å². The summed E-state index contributed by atoms with van der Waals surface area (Å²) >= 11 is 0. The molecule has 0 aromatic carbocycles. The van der Waals surface area contributed by atoms with Gasteiger partial charge in [-0.3, -0.25) is 0 Å². The van der Waals surface area contributed by atoms with Gasteiger partial charge < -0.3 is 11.6 Å². The minimum absolute atomic E-state index is 0. The predicted molar refractivity (Wildman–Crippen MR) is 30.7 cm³/mol. The van der Waals surface area contributed by atoms with Gasteiger partial charge in [-0.1, -0.05) is 0 Å². The molecule has 0 amide bonds. The van der Waals surface area contributed by atoms with Crippen LogP contribution in [0.4, 0.5) is 0 Å². The quantitative estimate of drug-likeness (QED) is 0.324. The van der Waals surface area contributed by atoms with E-state index in [4.69, 9.17) is 20.7 Å². The molecule has 0 radical (unpaired) electrons. The molecule has 0 unspecified atom stereocenters. The number of aliphatic hydroxyl groups excluding tert-OH is 2. The summed E-state index contributed by atoms with van der Waals surface area (Å²) < 4.78 is 0. The van der Waals surface area contributed by atoms with Gasteiger partial charge >= 0.3 is 29.6 Å². The number of nitriles is 2. The van der Waals surface area contributed by atoms with Crippen molar-refractivity contribution in [2.24, 2.45) is 0 Å². The fourth-order valence-corrected chi connectivity index (χ4v) is 0. The molecule has 0 aliphatic carbocycles. The molecule has 0 aromatic rings. The molecule has 0 spiro atoms. The van der Waals surface area contributed by atoms with Crippen molar-refractivity contribution in [2.45, 2.75) is 0 Å². The van der Waals surface area contributed by atoms with Crippen molar-refractivity contribution < 1.29 is 41.2 Å². The Balaban J connectivity index is -0.00000000571. The van der Waals surface area contributed by atoms with Crippen LogP contribution in [-0.4, -0.2) is 10.2 Å². The average Bonchev–Trinajstić information content (AvgIpc) is 1.39. The molecule has 2 N–H and O–H groups in total. The zero-order valence-corrected chi connectivity index (χ0v) is 8.24. The Labute approximate surface area is 88.7 Å². The van der Waals surface area contributed by atoms with Crippen LogP contribution in [0.25, 0.3) is 0 Å². The Morgan fingerprint density at radius 1 is 1.00 bits per heavy atom. The van der Waals surface area contributed by atoms with E-state index in [0.29, 0.717) is 0 Å². The minimum atomic E-state index is 0. The minimum Gasteiger partial charge on any atom is -1.00 e.